The molecule has 18 heavy (non-hydrogen) atoms. The molecule has 2 atom stereocenters. The van der Waals surface area contributed by atoms with Crippen molar-refractivity contribution in [1.82, 2.24) is 4.90 Å². The fourth-order valence-corrected chi connectivity index (χ4v) is 3.75. The molecule has 3 nitrogen and oxygen atoms in total. The number of rotatable bonds is 5. The van der Waals surface area contributed by atoms with E-state index in [9.17, 15) is 4.79 Å². The lowest BCUT2D eigenvalue weighted by molar-refractivity contribution is -0.133. The lowest BCUT2D eigenvalue weighted by Gasteiger charge is -2.26. The van der Waals surface area contributed by atoms with Gasteiger partial charge in [0.05, 0.1) is 12.1 Å². The number of carbonyl (C=O) groups excluding carboxylic acids is 1. The highest BCUT2D eigenvalue weighted by Gasteiger charge is 2.32. The summed E-state index contributed by atoms with van der Waals surface area (Å²) in [6, 6.07) is 4.10. The van der Waals surface area contributed by atoms with Crippen LogP contribution in [0.4, 0.5) is 0 Å². The number of nitrogens with two attached hydrogens (primary N) is 1. The van der Waals surface area contributed by atoms with E-state index in [2.05, 4.69) is 17.5 Å². The average Bonchev–Trinajstić information content (AvgIpc) is 3.03. The number of nitrogens with zero attached hydrogens (tertiary/aromatic N) is 1. The van der Waals surface area contributed by atoms with Crippen LogP contribution in [-0.2, 0) is 4.79 Å². The second kappa shape index (κ2) is 6.59. The van der Waals surface area contributed by atoms with Crippen LogP contribution in [-0.4, -0.2) is 35.4 Å². The zero-order valence-electron chi connectivity index (χ0n) is 10.7. The topological polar surface area (TPSA) is 46.3 Å². The molecule has 1 aliphatic rings. The SMILES string of the molecule is CSCC[C@@H](N)C(=O)N1CCCC1c1cccs1. The first-order valence-corrected chi connectivity index (χ1v) is 8.59. The van der Waals surface area contributed by atoms with Gasteiger partial charge in [-0.25, -0.2) is 0 Å². The lowest BCUT2D eigenvalue weighted by Crippen LogP contribution is -2.43. The Hall–Kier alpha value is -0.520. The summed E-state index contributed by atoms with van der Waals surface area (Å²) < 4.78 is 0. The Morgan fingerprint density at radius 1 is 1.72 bits per heavy atom. The minimum atomic E-state index is -0.335. The van der Waals surface area contributed by atoms with Gasteiger partial charge in [0.15, 0.2) is 0 Å². The van der Waals surface area contributed by atoms with Gasteiger partial charge >= 0.3 is 0 Å². The number of carbonyl (C=O) groups is 1. The van der Waals surface area contributed by atoms with E-state index in [0.29, 0.717) is 0 Å². The highest BCUT2D eigenvalue weighted by atomic mass is 32.2. The number of amides is 1. The summed E-state index contributed by atoms with van der Waals surface area (Å²) in [7, 11) is 0. The molecule has 2 heterocycles. The number of thiophene rings is 1. The third-order valence-electron chi connectivity index (χ3n) is 3.36. The van der Waals surface area contributed by atoms with Crippen LogP contribution in [0.25, 0.3) is 0 Å². The molecule has 100 valence electrons. The van der Waals surface area contributed by atoms with Crippen molar-refractivity contribution in [1.29, 1.82) is 0 Å². The van der Waals surface area contributed by atoms with Crippen molar-refractivity contribution in [2.75, 3.05) is 18.6 Å². The average molecular weight is 284 g/mol. The molecule has 0 saturated carbocycles. The van der Waals surface area contributed by atoms with E-state index in [1.807, 2.05) is 11.2 Å². The molecule has 1 unspecified atom stereocenters. The quantitative estimate of drug-likeness (QED) is 0.903. The van der Waals surface area contributed by atoms with E-state index < -0.39 is 0 Å². The first kappa shape index (κ1) is 13.9. The van der Waals surface area contributed by atoms with Crippen molar-refractivity contribution in [2.45, 2.75) is 31.3 Å². The van der Waals surface area contributed by atoms with Crippen LogP contribution >= 0.6 is 23.1 Å². The van der Waals surface area contributed by atoms with E-state index in [-0.39, 0.29) is 18.0 Å². The summed E-state index contributed by atoms with van der Waals surface area (Å²) in [5.74, 6) is 1.07. The predicted molar refractivity (Wildman–Crippen MR) is 79.0 cm³/mol. The molecule has 2 rings (SSSR count). The molecule has 1 aliphatic heterocycles. The molecule has 1 aromatic heterocycles. The molecular weight excluding hydrogens is 264 g/mol. The summed E-state index contributed by atoms with van der Waals surface area (Å²) in [6.07, 6.45) is 4.97. The first-order valence-electron chi connectivity index (χ1n) is 6.32. The maximum atomic E-state index is 12.4. The van der Waals surface area contributed by atoms with Gasteiger partial charge in [0.2, 0.25) is 5.91 Å². The van der Waals surface area contributed by atoms with Gasteiger partial charge in [-0.15, -0.1) is 11.3 Å². The van der Waals surface area contributed by atoms with Crippen molar-refractivity contribution in [3.63, 3.8) is 0 Å². The number of thioether (sulfide) groups is 1. The van der Waals surface area contributed by atoms with Crippen LogP contribution in [0, 0.1) is 0 Å². The molecule has 1 aromatic rings. The summed E-state index contributed by atoms with van der Waals surface area (Å²) in [4.78, 5) is 15.6. The Kier molecular flexibility index (Phi) is 5.09. The van der Waals surface area contributed by atoms with Crippen molar-refractivity contribution in [3.05, 3.63) is 22.4 Å². The zero-order chi connectivity index (χ0) is 13.0. The standard InChI is InChI=1S/C13H20N2OS2/c1-17-9-6-10(14)13(16)15-7-2-4-11(15)12-5-3-8-18-12/h3,5,8,10-11H,2,4,6-7,9,14H2,1H3/t10-,11?/m1/s1. The van der Waals surface area contributed by atoms with E-state index in [1.54, 1.807) is 23.1 Å². The molecule has 0 aromatic carbocycles. The van der Waals surface area contributed by atoms with E-state index in [0.717, 1.165) is 31.6 Å². The van der Waals surface area contributed by atoms with Gasteiger partial charge in [-0.3, -0.25) is 4.79 Å². The summed E-state index contributed by atoms with van der Waals surface area (Å²) in [5, 5.41) is 2.07. The third kappa shape index (κ3) is 3.08. The second-order valence-electron chi connectivity index (χ2n) is 4.59. The smallest absolute Gasteiger partial charge is 0.240 e. The van der Waals surface area contributed by atoms with E-state index in [1.165, 1.54) is 4.88 Å². The van der Waals surface area contributed by atoms with Gasteiger partial charge in [0.25, 0.3) is 0 Å². The maximum Gasteiger partial charge on any atom is 0.240 e. The summed E-state index contributed by atoms with van der Waals surface area (Å²) >= 11 is 3.47. The van der Waals surface area contributed by atoms with Crippen molar-refractivity contribution >= 4 is 29.0 Å². The summed E-state index contributed by atoms with van der Waals surface area (Å²) in [5.41, 5.74) is 6.00. The van der Waals surface area contributed by atoms with Crippen LogP contribution in [0.15, 0.2) is 17.5 Å². The van der Waals surface area contributed by atoms with Gasteiger partial charge in [-0.2, -0.15) is 11.8 Å². The molecular formula is C13H20N2OS2. The van der Waals surface area contributed by atoms with Crippen LogP contribution in [0.3, 0.4) is 0 Å². The molecule has 5 heteroatoms. The first-order chi connectivity index (χ1) is 8.74. The van der Waals surface area contributed by atoms with Crippen LogP contribution in [0.1, 0.15) is 30.2 Å². The molecule has 1 amide bonds. The zero-order valence-corrected chi connectivity index (χ0v) is 12.3. The van der Waals surface area contributed by atoms with Crippen LogP contribution in [0.5, 0.6) is 0 Å². The summed E-state index contributed by atoms with van der Waals surface area (Å²) in [6.45, 7) is 0.856. The Morgan fingerprint density at radius 2 is 2.56 bits per heavy atom. The normalized spacial score (nSPS) is 21.2. The molecule has 0 spiro atoms. The third-order valence-corrected chi connectivity index (χ3v) is 4.98. The van der Waals surface area contributed by atoms with Crippen LogP contribution < -0.4 is 5.73 Å². The van der Waals surface area contributed by atoms with E-state index in [4.69, 9.17) is 5.73 Å². The molecule has 1 saturated heterocycles. The minimum absolute atomic E-state index is 0.125. The Balaban J connectivity index is 2.00. The molecule has 0 radical (unpaired) electrons. The van der Waals surface area contributed by atoms with Crippen molar-refractivity contribution < 1.29 is 4.79 Å². The number of hydrogen-bond donors (Lipinski definition) is 1. The Morgan fingerprint density at radius 3 is 3.22 bits per heavy atom. The highest BCUT2D eigenvalue weighted by molar-refractivity contribution is 7.98. The largest absolute Gasteiger partial charge is 0.333 e. The number of hydrogen-bond acceptors (Lipinski definition) is 4. The fraction of sp³-hybridized carbons (Fsp3) is 0.615. The fourth-order valence-electron chi connectivity index (χ4n) is 2.39. The van der Waals surface area contributed by atoms with Gasteiger partial charge in [-0.05, 0) is 42.7 Å². The van der Waals surface area contributed by atoms with Crippen molar-refractivity contribution in [3.8, 4) is 0 Å². The second-order valence-corrected chi connectivity index (χ2v) is 6.56. The predicted octanol–water partition coefficient (Wildman–Crippen LogP) is 2.49. The van der Waals surface area contributed by atoms with Gasteiger partial charge in [0.1, 0.15) is 0 Å². The monoisotopic (exact) mass is 284 g/mol. The molecule has 1 fully saturated rings. The van der Waals surface area contributed by atoms with Gasteiger partial charge < -0.3 is 10.6 Å². The lowest BCUT2D eigenvalue weighted by atomic mass is 10.1. The molecule has 0 bridgehead atoms. The molecule has 2 N–H and O–H groups in total. The van der Waals surface area contributed by atoms with Gasteiger partial charge in [-0.1, -0.05) is 6.07 Å². The Bertz CT molecular complexity index is 380. The maximum absolute atomic E-state index is 12.4. The minimum Gasteiger partial charge on any atom is -0.333 e. The molecule has 0 aliphatic carbocycles. The van der Waals surface area contributed by atoms with E-state index >= 15 is 0 Å². The van der Waals surface area contributed by atoms with Crippen molar-refractivity contribution in [2.24, 2.45) is 5.73 Å². The number of likely N-dealkylation sites (tertiary alicyclic amines) is 1. The van der Waals surface area contributed by atoms with Gasteiger partial charge in [0, 0.05) is 11.4 Å². The Labute approximate surface area is 117 Å². The van der Waals surface area contributed by atoms with Crippen LogP contribution in [0.2, 0.25) is 0 Å². The highest BCUT2D eigenvalue weighted by Crippen LogP contribution is 2.34.